The van der Waals surface area contributed by atoms with Crippen LogP contribution >= 0.6 is 11.8 Å². The molecule has 2 rings (SSSR count). The summed E-state index contributed by atoms with van der Waals surface area (Å²) in [4.78, 5) is 25.2. The van der Waals surface area contributed by atoms with E-state index in [1.807, 2.05) is 17.0 Å². The van der Waals surface area contributed by atoms with Crippen molar-refractivity contribution < 1.29 is 14.3 Å². The fourth-order valence-corrected chi connectivity index (χ4v) is 2.93. The van der Waals surface area contributed by atoms with Gasteiger partial charge in [-0.2, -0.15) is 0 Å². The van der Waals surface area contributed by atoms with Crippen molar-refractivity contribution in [3.8, 4) is 0 Å². The molecule has 0 aromatic heterocycles. The van der Waals surface area contributed by atoms with Gasteiger partial charge in [0.1, 0.15) is 0 Å². The van der Waals surface area contributed by atoms with Crippen LogP contribution in [-0.2, 0) is 27.3 Å². The maximum absolute atomic E-state index is 12.1. The van der Waals surface area contributed by atoms with Crippen LogP contribution in [0.3, 0.4) is 0 Å². The van der Waals surface area contributed by atoms with Gasteiger partial charge in [0.25, 0.3) is 0 Å². The molecule has 0 spiro atoms. The molecule has 1 aliphatic heterocycles. The lowest BCUT2D eigenvalue weighted by Crippen LogP contribution is -2.37. The zero-order valence-electron chi connectivity index (χ0n) is 11.6. The molecule has 5 heteroatoms. The highest BCUT2D eigenvalue weighted by Crippen LogP contribution is 2.19. The Morgan fingerprint density at radius 3 is 2.75 bits per heavy atom. The van der Waals surface area contributed by atoms with E-state index in [4.69, 9.17) is 4.74 Å². The lowest BCUT2D eigenvalue weighted by molar-refractivity contribution is -0.139. The Morgan fingerprint density at radius 2 is 2.00 bits per heavy atom. The van der Waals surface area contributed by atoms with E-state index in [0.29, 0.717) is 18.9 Å². The van der Waals surface area contributed by atoms with E-state index in [-0.39, 0.29) is 17.6 Å². The smallest absolute Gasteiger partial charge is 0.315 e. The maximum atomic E-state index is 12.1. The number of ether oxygens (including phenoxy) is 1. The standard InChI is InChI=1S/C15H19NO3S/c1-2-19-15(18)11-20-10-14(17)16-8-7-12-5-3-4-6-13(12)9-16/h3-6H,2,7-11H2,1H3. The molecule has 0 aliphatic carbocycles. The number of carbonyl (C=O) groups excluding carboxylic acids is 2. The zero-order valence-corrected chi connectivity index (χ0v) is 12.4. The van der Waals surface area contributed by atoms with Crippen molar-refractivity contribution in [3.63, 3.8) is 0 Å². The van der Waals surface area contributed by atoms with E-state index in [0.717, 1.165) is 13.0 Å². The summed E-state index contributed by atoms with van der Waals surface area (Å²) in [5.41, 5.74) is 2.55. The van der Waals surface area contributed by atoms with Crippen molar-refractivity contribution in [3.05, 3.63) is 35.4 Å². The number of thioether (sulfide) groups is 1. The Bertz CT molecular complexity index is 490. The van der Waals surface area contributed by atoms with Gasteiger partial charge in [-0.15, -0.1) is 11.8 Å². The second kappa shape index (κ2) is 7.33. The first-order valence-electron chi connectivity index (χ1n) is 6.78. The number of hydrogen-bond donors (Lipinski definition) is 0. The molecule has 0 N–H and O–H groups in total. The van der Waals surface area contributed by atoms with Gasteiger partial charge in [0, 0.05) is 13.1 Å². The van der Waals surface area contributed by atoms with Crippen molar-refractivity contribution in [2.75, 3.05) is 24.7 Å². The summed E-state index contributed by atoms with van der Waals surface area (Å²) < 4.78 is 4.83. The minimum Gasteiger partial charge on any atom is -0.465 e. The first kappa shape index (κ1) is 14.9. The van der Waals surface area contributed by atoms with Gasteiger partial charge < -0.3 is 9.64 Å². The predicted molar refractivity (Wildman–Crippen MR) is 79.5 cm³/mol. The van der Waals surface area contributed by atoms with E-state index < -0.39 is 0 Å². The van der Waals surface area contributed by atoms with Crippen molar-refractivity contribution >= 4 is 23.6 Å². The minimum absolute atomic E-state index is 0.0915. The van der Waals surface area contributed by atoms with Gasteiger partial charge in [-0.05, 0) is 24.5 Å². The molecule has 0 saturated heterocycles. The lowest BCUT2D eigenvalue weighted by atomic mass is 10.00. The molecule has 108 valence electrons. The molecule has 0 radical (unpaired) electrons. The van der Waals surface area contributed by atoms with Crippen molar-refractivity contribution in [2.45, 2.75) is 19.9 Å². The zero-order chi connectivity index (χ0) is 14.4. The first-order valence-corrected chi connectivity index (χ1v) is 7.94. The van der Waals surface area contributed by atoms with Crippen LogP contribution in [0.1, 0.15) is 18.1 Å². The Hall–Kier alpha value is -1.49. The Kier molecular flexibility index (Phi) is 5.47. The number of benzene rings is 1. The molecular weight excluding hydrogens is 274 g/mol. The quantitative estimate of drug-likeness (QED) is 0.778. The number of esters is 1. The molecule has 1 heterocycles. The van der Waals surface area contributed by atoms with E-state index in [1.54, 1.807) is 6.92 Å². The molecule has 0 unspecified atom stereocenters. The van der Waals surface area contributed by atoms with Crippen LogP contribution in [0.4, 0.5) is 0 Å². The second-order valence-electron chi connectivity index (χ2n) is 4.63. The summed E-state index contributed by atoms with van der Waals surface area (Å²) in [5.74, 6) is 0.411. The van der Waals surface area contributed by atoms with Crippen LogP contribution in [0, 0.1) is 0 Å². The number of nitrogens with zero attached hydrogens (tertiary/aromatic N) is 1. The van der Waals surface area contributed by atoms with Gasteiger partial charge in [-0.25, -0.2) is 0 Å². The van der Waals surface area contributed by atoms with Crippen LogP contribution in [0.25, 0.3) is 0 Å². The van der Waals surface area contributed by atoms with Crippen LogP contribution in [0.5, 0.6) is 0 Å². The summed E-state index contributed by atoms with van der Waals surface area (Å²) in [7, 11) is 0. The number of carbonyl (C=O) groups is 2. The predicted octanol–water partition coefficient (Wildman–Crippen LogP) is 1.87. The largest absolute Gasteiger partial charge is 0.465 e. The average molecular weight is 293 g/mol. The fourth-order valence-electron chi connectivity index (χ4n) is 2.22. The Morgan fingerprint density at radius 1 is 1.25 bits per heavy atom. The maximum Gasteiger partial charge on any atom is 0.315 e. The number of amides is 1. The Balaban J connectivity index is 1.78. The third kappa shape index (κ3) is 4.00. The van der Waals surface area contributed by atoms with Gasteiger partial charge in [-0.1, -0.05) is 24.3 Å². The van der Waals surface area contributed by atoms with E-state index in [9.17, 15) is 9.59 Å². The minimum atomic E-state index is -0.255. The molecule has 20 heavy (non-hydrogen) atoms. The summed E-state index contributed by atoms with van der Waals surface area (Å²) in [6.07, 6.45) is 0.907. The van der Waals surface area contributed by atoms with E-state index in [2.05, 4.69) is 12.1 Å². The normalized spacial score (nSPS) is 13.8. The highest BCUT2D eigenvalue weighted by molar-refractivity contribution is 8.00. The molecule has 0 atom stereocenters. The van der Waals surface area contributed by atoms with Crippen molar-refractivity contribution in [1.29, 1.82) is 0 Å². The highest BCUT2D eigenvalue weighted by Gasteiger charge is 2.20. The topological polar surface area (TPSA) is 46.6 Å². The van der Waals surface area contributed by atoms with Crippen LogP contribution in [0.15, 0.2) is 24.3 Å². The van der Waals surface area contributed by atoms with E-state index >= 15 is 0 Å². The lowest BCUT2D eigenvalue weighted by Gasteiger charge is -2.28. The average Bonchev–Trinajstić information content (AvgIpc) is 2.47. The molecule has 0 bridgehead atoms. The number of fused-ring (bicyclic) bond motifs is 1. The van der Waals surface area contributed by atoms with Crippen molar-refractivity contribution in [2.24, 2.45) is 0 Å². The molecular formula is C15H19NO3S. The molecule has 4 nitrogen and oxygen atoms in total. The summed E-state index contributed by atoms with van der Waals surface area (Å²) >= 11 is 1.32. The van der Waals surface area contributed by atoms with Crippen LogP contribution in [-0.4, -0.2) is 41.4 Å². The van der Waals surface area contributed by atoms with Crippen LogP contribution in [0.2, 0.25) is 0 Å². The molecule has 1 aromatic carbocycles. The molecule has 1 aromatic rings. The van der Waals surface area contributed by atoms with Gasteiger partial charge in [0.2, 0.25) is 5.91 Å². The number of hydrogen-bond acceptors (Lipinski definition) is 4. The van der Waals surface area contributed by atoms with E-state index in [1.165, 1.54) is 22.9 Å². The highest BCUT2D eigenvalue weighted by atomic mass is 32.2. The van der Waals surface area contributed by atoms with Crippen LogP contribution < -0.4 is 0 Å². The van der Waals surface area contributed by atoms with Gasteiger partial charge in [0.05, 0.1) is 18.1 Å². The fraction of sp³-hybridized carbons (Fsp3) is 0.467. The van der Waals surface area contributed by atoms with Crippen molar-refractivity contribution in [1.82, 2.24) is 4.90 Å². The SMILES string of the molecule is CCOC(=O)CSCC(=O)N1CCc2ccccc2C1. The summed E-state index contributed by atoms with van der Waals surface area (Å²) in [6, 6.07) is 8.22. The third-order valence-electron chi connectivity index (χ3n) is 3.23. The molecule has 0 saturated carbocycles. The molecule has 0 fully saturated rings. The summed E-state index contributed by atoms with van der Waals surface area (Å²) in [6.45, 7) is 3.60. The Labute approximate surface area is 123 Å². The monoisotopic (exact) mass is 293 g/mol. The molecule has 1 amide bonds. The second-order valence-corrected chi connectivity index (χ2v) is 5.62. The molecule has 1 aliphatic rings. The first-order chi connectivity index (χ1) is 9.70. The summed E-state index contributed by atoms with van der Waals surface area (Å²) in [5, 5.41) is 0. The van der Waals surface area contributed by atoms with Gasteiger partial charge >= 0.3 is 5.97 Å². The van der Waals surface area contributed by atoms with Gasteiger partial charge in [0.15, 0.2) is 0 Å². The third-order valence-corrected chi connectivity index (χ3v) is 4.13. The van der Waals surface area contributed by atoms with Gasteiger partial charge in [-0.3, -0.25) is 9.59 Å². The number of rotatable bonds is 5.